The number of thiol groups is 1. The number of benzene rings is 1. The lowest BCUT2D eigenvalue weighted by molar-refractivity contribution is 0.0945. The summed E-state index contributed by atoms with van der Waals surface area (Å²) in [6.07, 6.45) is 1.05. The minimum absolute atomic E-state index is 0.121. The van der Waals surface area contributed by atoms with Crippen LogP contribution in [0.15, 0.2) is 18.2 Å². The number of likely N-dealkylation sites (tertiary alicyclic amines) is 1. The molecule has 2 aliphatic rings. The van der Waals surface area contributed by atoms with Crippen LogP contribution >= 0.6 is 12.6 Å². The minimum atomic E-state index is 0.121. The van der Waals surface area contributed by atoms with E-state index in [1.807, 2.05) is 0 Å². The van der Waals surface area contributed by atoms with Crippen molar-refractivity contribution in [3.63, 3.8) is 0 Å². The maximum atomic E-state index is 12.1. The molecule has 5 heteroatoms. The number of ether oxygens (including phenoxy) is 2. The standard InChI is InChI=1S/C13H15NO3S/c15-11(7-14-4-3-10(18)6-14)9-1-2-12-13(5-9)17-8-16-12/h1-2,5,10,18H,3-4,6-8H2/t10-/m0/s1. The molecule has 2 heterocycles. The number of hydrogen-bond acceptors (Lipinski definition) is 5. The van der Waals surface area contributed by atoms with Gasteiger partial charge < -0.3 is 9.47 Å². The lowest BCUT2D eigenvalue weighted by Crippen LogP contribution is -2.27. The van der Waals surface area contributed by atoms with Gasteiger partial charge in [-0.05, 0) is 31.2 Å². The highest BCUT2D eigenvalue weighted by atomic mass is 32.1. The third-order valence-electron chi connectivity index (χ3n) is 3.31. The summed E-state index contributed by atoms with van der Waals surface area (Å²) in [6.45, 7) is 2.53. The molecule has 1 atom stereocenters. The van der Waals surface area contributed by atoms with E-state index in [1.165, 1.54) is 0 Å². The summed E-state index contributed by atoms with van der Waals surface area (Å²) in [4.78, 5) is 14.3. The summed E-state index contributed by atoms with van der Waals surface area (Å²) in [5.74, 6) is 1.49. The fourth-order valence-electron chi connectivity index (χ4n) is 2.32. The Hall–Kier alpha value is -1.20. The third kappa shape index (κ3) is 2.33. The van der Waals surface area contributed by atoms with Crippen LogP contribution in [0.1, 0.15) is 16.8 Å². The molecule has 1 saturated heterocycles. The predicted octanol–water partition coefficient (Wildman–Crippen LogP) is 1.60. The number of fused-ring (bicyclic) bond motifs is 1. The summed E-state index contributed by atoms with van der Waals surface area (Å²) < 4.78 is 10.5. The van der Waals surface area contributed by atoms with E-state index in [0.717, 1.165) is 19.5 Å². The molecule has 0 saturated carbocycles. The lowest BCUT2D eigenvalue weighted by atomic mass is 10.1. The zero-order valence-corrected chi connectivity index (χ0v) is 10.9. The zero-order chi connectivity index (χ0) is 12.5. The van der Waals surface area contributed by atoms with Crippen molar-refractivity contribution >= 4 is 18.4 Å². The second-order valence-corrected chi connectivity index (χ2v) is 5.40. The molecule has 0 unspecified atom stereocenters. The molecule has 18 heavy (non-hydrogen) atoms. The number of hydrogen-bond donors (Lipinski definition) is 1. The van der Waals surface area contributed by atoms with Crippen LogP contribution in [0, 0.1) is 0 Å². The van der Waals surface area contributed by atoms with E-state index < -0.39 is 0 Å². The fraction of sp³-hybridized carbons (Fsp3) is 0.462. The van der Waals surface area contributed by atoms with Gasteiger partial charge in [-0.2, -0.15) is 12.6 Å². The Kier molecular flexibility index (Phi) is 3.18. The molecule has 1 aromatic carbocycles. The normalized spacial score (nSPS) is 22.4. The van der Waals surface area contributed by atoms with Gasteiger partial charge in [0.15, 0.2) is 17.3 Å². The van der Waals surface area contributed by atoms with Crippen molar-refractivity contribution in [1.82, 2.24) is 4.90 Å². The minimum Gasteiger partial charge on any atom is -0.454 e. The molecule has 4 nitrogen and oxygen atoms in total. The topological polar surface area (TPSA) is 38.8 Å². The highest BCUT2D eigenvalue weighted by Crippen LogP contribution is 2.32. The van der Waals surface area contributed by atoms with E-state index in [9.17, 15) is 4.79 Å². The largest absolute Gasteiger partial charge is 0.454 e. The smallest absolute Gasteiger partial charge is 0.231 e. The van der Waals surface area contributed by atoms with Crippen LogP contribution < -0.4 is 9.47 Å². The Morgan fingerprint density at radius 1 is 1.39 bits per heavy atom. The van der Waals surface area contributed by atoms with Crippen molar-refractivity contribution in [2.24, 2.45) is 0 Å². The van der Waals surface area contributed by atoms with Gasteiger partial charge in [-0.3, -0.25) is 9.69 Å². The fourth-order valence-corrected chi connectivity index (χ4v) is 2.67. The number of carbonyl (C=O) groups is 1. The molecule has 0 aliphatic carbocycles. The Bertz CT molecular complexity index is 477. The van der Waals surface area contributed by atoms with Crippen LogP contribution in [-0.4, -0.2) is 42.4 Å². The predicted molar refractivity (Wildman–Crippen MR) is 70.7 cm³/mol. The van der Waals surface area contributed by atoms with Crippen molar-refractivity contribution in [2.45, 2.75) is 11.7 Å². The molecule has 0 radical (unpaired) electrons. The number of carbonyl (C=O) groups excluding carboxylic acids is 1. The second kappa shape index (κ2) is 4.82. The first-order valence-corrected chi connectivity index (χ1v) is 6.57. The Labute approximate surface area is 111 Å². The van der Waals surface area contributed by atoms with E-state index in [-0.39, 0.29) is 12.6 Å². The van der Waals surface area contributed by atoms with Crippen molar-refractivity contribution in [3.05, 3.63) is 23.8 Å². The molecule has 3 rings (SSSR count). The third-order valence-corrected chi connectivity index (χ3v) is 3.73. The van der Waals surface area contributed by atoms with Crippen LogP contribution in [0.5, 0.6) is 11.5 Å². The average Bonchev–Trinajstić information content (AvgIpc) is 2.96. The molecule has 0 bridgehead atoms. The van der Waals surface area contributed by atoms with Crippen molar-refractivity contribution < 1.29 is 14.3 Å². The highest BCUT2D eigenvalue weighted by molar-refractivity contribution is 7.81. The van der Waals surface area contributed by atoms with Gasteiger partial charge in [0.1, 0.15) is 0 Å². The van der Waals surface area contributed by atoms with E-state index in [2.05, 4.69) is 17.5 Å². The van der Waals surface area contributed by atoms with Crippen molar-refractivity contribution in [2.75, 3.05) is 26.4 Å². The first-order valence-electron chi connectivity index (χ1n) is 6.05. The van der Waals surface area contributed by atoms with Gasteiger partial charge in [0.25, 0.3) is 0 Å². The summed E-state index contributed by atoms with van der Waals surface area (Å²) >= 11 is 4.43. The van der Waals surface area contributed by atoms with E-state index in [1.54, 1.807) is 18.2 Å². The van der Waals surface area contributed by atoms with E-state index in [4.69, 9.17) is 9.47 Å². The molecule has 2 aliphatic heterocycles. The number of ketones is 1. The molecule has 0 amide bonds. The van der Waals surface area contributed by atoms with E-state index >= 15 is 0 Å². The summed E-state index contributed by atoms with van der Waals surface area (Å²) in [6, 6.07) is 5.35. The maximum Gasteiger partial charge on any atom is 0.231 e. The second-order valence-electron chi connectivity index (χ2n) is 4.67. The molecular formula is C13H15NO3S. The zero-order valence-electron chi connectivity index (χ0n) is 9.96. The van der Waals surface area contributed by atoms with Crippen LogP contribution in [-0.2, 0) is 0 Å². The first-order chi connectivity index (χ1) is 8.72. The van der Waals surface area contributed by atoms with Crippen LogP contribution in [0.2, 0.25) is 0 Å². The Balaban J connectivity index is 1.69. The summed E-state index contributed by atoms with van der Waals surface area (Å²) in [5.41, 5.74) is 0.682. The van der Waals surface area contributed by atoms with Gasteiger partial charge in [0.05, 0.1) is 6.54 Å². The molecule has 0 aromatic heterocycles. The molecule has 0 N–H and O–H groups in total. The molecule has 0 spiro atoms. The number of rotatable bonds is 3. The first kappa shape index (κ1) is 11.9. The average molecular weight is 265 g/mol. The van der Waals surface area contributed by atoms with Gasteiger partial charge in [-0.15, -0.1) is 0 Å². The van der Waals surface area contributed by atoms with E-state index in [0.29, 0.717) is 28.9 Å². The molecule has 96 valence electrons. The number of nitrogens with zero attached hydrogens (tertiary/aromatic N) is 1. The van der Waals surface area contributed by atoms with Crippen LogP contribution in [0.3, 0.4) is 0 Å². The quantitative estimate of drug-likeness (QED) is 0.665. The van der Waals surface area contributed by atoms with Gasteiger partial charge in [-0.25, -0.2) is 0 Å². The van der Waals surface area contributed by atoms with Gasteiger partial charge in [-0.1, -0.05) is 0 Å². The number of Topliss-reactive ketones (excluding diaryl/α,β-unsaturated/α-hetero) is 1. The lowest BCUT2D eigenvalue weighted by Gasteiger charge is -2.13. The van der Waals surface area contributed by atoms with Crippen molar-refractivity contribution in [3.8, 4) is 11.5 Å². The maximum absolute atomic E-state index is 12.1. The van der Waals surface area contributed by atoms with Gasteiger partial charge >= 0.3 is 0 Å². The van der Waals surface area contributed by atoms with Crippen LogP contribution in [0.25, 0.3) is 0 Å². The van der Waals surface area contributed by atoms with Crippen molar-refractivity contribution in [1.29, 1.82) is 0 Å². The highest BCUT2D eigenvalue weighted by Gasteiger charge is 2.23. The van der Waals surface area contributed by atoms with Crippen LogP contribution in [0.4, 0.5) is 0 Å². The summed E-state index contributed by atoms with van der Waals surface area (Å²) in [5, 5.41) is 0.398. The Morgan fingerprint density at radius 2 is 2.22 bits per heavy atom. The Morgan fingerprint density at radius 3 is 3.00 bits per heavy atom. The summed E-state index contributed by atoms with van der Waals surface area (Å²) in [7, 11) is 0. The van der Waals surface area contributed by atoms with Gasteiger partial charge in [0, 0.05) is 17.4 Å². The SMILES string of the molecule is O=C(CN1CC[C@H](S)C1)c1ccc2c(c1)OCO2. The molecule has 1 fully saturated rings. The molecular weight excluding hydrogens is 250 g/mol. The van der Waals surface area contributed by atoms with Gasteiger partial charge in [0.2, 0.25) is 6.79 Å². The molecule has 1 aromatic rings. The monoisotopic (exact) mass is 265 g/mol.